The molecular formula is C15H10Cl3NO3. The van der Waals surface area contributed by atoms with Crippen molar-refractivity contribution in [2.24, 2.45) is 0 Å². The average Bonchev–Trinajstić information content (AvgIpc) is 2.93. The number of aromatic hydroxyl groups is 1. The highest BCUT2D eigenvalue weighted by Gasteiger charge is 2.22. The molecule has 1 aliphatic rings. The largest absolute Gasteiger partial charge is 0.505 e. The van der Waals surface area contributed by atoms with E-state index in [0.717, 1.165) is 17.7 Å². The predicted octanol–water partition coefficient (Wildman–Crippen LogP) is 4.54. The van der Waals surface area contributed by atoms with Gasteiger partial charge in [-0.15, -0.1) is 0 Å². The summed E-state index contributed by atoms with van der Waals surface area (Å²) in [7, 11) is 0. The molecule has 4 nitrogen and oxygen atoms in total. The van der Waals surface area contributed by atoms with Crippen LogP contribution in [0.4, 0.5) is 5.69 Å². The Bertz CT molecular complexity index is 751. The first-order valence-corrected chi connectivity index (χ1v) is 7.54. The van der Waals surface area contributed by atoms with Gasteiger partial charge in [0, 0.05) is 12.1 Å². The van der Waals surface area contributed by atoms with E-state index in [1.807, 2.05) is 6.07 Å². The van der Waals surface area contributed by atoms with Gasteiger partial charge in [0.05, 0.1) is 21.7 Å². The van der Waals surface area contributed by atoms with Gasteiger partial charge in [-0.1, -0.05) is 34.8 Å². The van der Waals surface area contributed by atoms with Gasteiger partial charge in [-0.2, -0.15) is 0 Å². The lowest BCUT2D eigenvalue weighted by molar-refractivity contribution is 0.102. The van der Waals surface area contributed by atoms with Crippen molar-refractivity contribution in [3.8, 4) is 11.5 Å². The van der Waals surface area contributed by atoms with Crippen LogP contribution in [0.2, 0.25) is 15.1 Å². The van der Waals surface area contributed by atoms with Crippen LogP contribution in [0.25, 0.3) is 0 Å². The zero-order chi connectivity index (χ0) is 15.9. The molecule has 1 amide bonds. The van der Waals surface area contributed by atoms with Crippen molar-refractivity contribution in [1.29, 1.82) is 0 Å². The first-order valence-electron chi connectivity index (χ1n) is 6.41. The molecule has 0 radical (unpaired) electrons. The molecule has 0 spiro atoms. The van der Waals surface area contributed by atoms with E-state index in [2.05, 4.69) is 5.32 Å². The Balaban J connectivity index is 1.92. The molecule has 0 unspecified atom stereocenters. The van der Waals surface area contributed by atoms with Gasteiger partial charge >= 0.3 is 0 Å². The Morgan fingerprint density at radius 3 is 2.73 bits per heavy atom. The number of benzene rings is 2. The zero-order valence-corrected chi connectivity index (χ0v) is 13.4. The summed E-state index contributed by atoms with van der Waals surface area (Å²) in [6.07, 6.45) is 0.786. The molecule has 2 N–H and O–H groups in total. The minimum absolute atomic E-state index is 0.0399. The Hall–Kier alpha value is -1.62. The van der Waals surface area contributed by atoms with E-state index in [1.165, 1.54) is 6.07 Å². The fraction of sp³-hybridized carbons (Fsp3) is 0.133. The summed E-state index contributed by atoms with van der Waals surface area (Å²) >= 11 is 17.7. The number of fused-ring (bicyclic) bond motifs is 1. The lowest BCUT2D eigenvalue weighted by Crippen LogP contribution is -2.13. The van der Waals surface area contributed by atoms with Gasteiger partial charge in [-0.3, -0.25) is 4.79 Å². The molecule has 0 bridgehead atoms. The minimum atomic E-state index is -0.592. The fourth-order valence-corrected chi connectivity index (χ4v) is 2.94. The van der Waals surface area contributed by atoms with Crippen LogP contribution < -0.4 is 10.1 Å². The van der Waals surface area contributed by atoms with E-state index in [-0.39, 0.29) is 20.6 Å². The standard InChI is InChI=1S/C15H10Cl3NO3/c16-9-6-10(17)14(20)12(13(9)18)15(21)19-8-1-2-11-7(5-8)3-4-22-11/h1-2,5-6,20H,3-4H2,(H,19,21). The average molecular weight is 359 g/mol. The molecule has 0 aromatic heterocycles. The second-order valence-corrected chi connectivity index (χ2v) is 5.95. The number of halogens is 3. The summed E-state index contributed by atoms with van der Waals surface area (Å²) in [5.74, 6) is -0.187. The maximum Gasteiger partial charge on any atom is 0.261 e. The third-order valence-electron chi connectivity index (χ3n) is 3.32. The molecule has 114 valence electrons. The lowest BCUT2D eigenvalue weighted by atomic mass is 10.1. The number of rotatable bonds is 2. The molecule has 1 aliphatic heterocycles. The third-order valence-corrected chi connectivity index (χ3v) is 4.40. The topological polar surface area (TPSA) is 58.6 Å². The van der Waals surface area contributed by atoms with Crippen molar-refractivity contribution < 1.29 is 14.6 Å². The third kappa shape index (κ3) is 2.70. The highest BCUT2D eigenvalue weighted by molar-refractivity contribution is 6.46. The lowest BCUT2D eigenvalue weighted by Gasteiger charge is -2.11. The minimum Gasteiger partial charge on any atom is -0.505 e. The fourth-order valence-electron chi connectivity index (χ4n) is 2.25. The number of nitrogens with one attached hydrogen (secondary N) is 1. The van der Waals surface area contributed by atoms with Crippen LogP contribution in [0.15, 0.2) is 24.3 Å². The van der Waals surface area contributed by atoms with Crippen molar-refractivity contribution in [3.05, 3.63) is 50.5 Å². The van der Waals surface area contributed by atoms with E-state index in [0.29, 0.717) is 12.3 Å². The Kier molecular flexibility index (Phi) is 4.08. The molecule has 0 atom stereocenters. The molecule has 7 heteroatoms. The summed E-state index contributed by atoms with van der Waals surface area (Å²) in [4.78, 5) is 12.4. The van der Waals surface area contributed by atoms with Crippen molar-refractivity contribution in [3.63, 3.8) is 0 Å². The number of amides is 1. The summed E-state index contributed by atoms with van der Waals surface area (Å²) in [5.41, 5.74) is 1.42. The molecule has 22 heavy (non-hydrogen) atoms. The number of carbonyl (C=O) groups is 1. The second kappa shape index (κ2) is 5.88. The maximum atomic E-state index is 12.4. The maximum absolute atomic E-state index is 12.4. The van der Waals surface area contributed by atoms with Gasteiger partial charge in [-0.05, 0) is 29.8 Å². The van der Waals surface area contributed by atoms with E-state index in [9.17, 15) is 9.90 Å². The highest BCUT2D eigenvalue weighted by atomic mass is 35.5. The monoisotopic (exact) mass is 357 g/mol. The SMILES string of the molecule is O=C(Nc1ccc2c(c1)CCO2)c1c(O)c(Cl)cc(Cl)c1Cl. The summed E-state index contributed by atoms with van der Waals surface area (Å²) in [6, 6.07) is 6.59. The number of ether oxygens (including phenoxy) is 1. The van der Waals surface area contributed by atoms with Crippen molar-refractivity contribution >= 4 is 46.4 Å². The number of phenols is 1. The smallest absolute Gasteiger partial charge is 0.261 e. The molecule has 0 saturated heterocycles. The molecule has 3 rings (SSSR count). The van der Waals surface area contributed by atoms with Gasteiger partial charge in [0.1, 0.15) is 17.1 Å². The van der Waals surface area contributed by atoms with Gasteiger partial charge in [0.2, 0.25) is 0 Å². The van der Waals surface area contributed by atoms with Crippen LogP contribution in [0.1, 0.15) is 15.9 Å². The number of anilines is 1. The Labute approximate surface area is 141 Å². The number of hydrogen-bond acceptors (Lipinski definition) is 3. The van der Waals surface area contributed by atoms with Crippen LogP contribution >= 0.6 is 34.8 Å². The van der Waals surface area contributed by atoms with Gasteiger partial charge in [0.15, 0.2) is 0 Å². The van der Waals surface area contributed by atoms with Crippen molar-refractivity contribution in [2.75, 3.05) is 11.9 Å². The molecule has 2 aromatic rings. The highest BCUT2D eigenvalue weighted by Crippen LogP contribution is 2.39. The second-order valence-electron chi connectivity index (χ2n) is 4.75. The van der Waals surface area contributed by atoms with Gasteiger partial charge in [-0.25, -0.2) is 0 Å². The van der Waals surface area contributed by atoms with Crippen molar-refractivity contribution in [1.82, 2.24) is 0 Å². The van der Waals surface area contributed by atoms with E-state index in [1.54, 1.807) is 12.1 Å². The predicted molar refractivity (Wildman–Crippen MR) is 86.7 cm³/mol. The molecule has 1 heterocycles. The van der Waals surface area contributed by atoms with Crippen LogP contribution in [0, 0.1) is 0 Å². The van der Waals surface area contributed by atoms with E-state index >= 15 is 0 Å². The molecule has 0 saturated carbocycles. The molecule has 2 aromatic carbocycles. The molecule has 0 fully saturated rings. The number of carbonyl (C=O) groups excluding carboxylic acids is 1. The summed E-state index contributed by atoms with van der Waals surface area (Å²) in [6.45, 7) is 0.628. The van der Waals surface area contributed by atoms with Crippen LogP contribution in [-0.2, 0) is 6.42 Å². The molecule has 0 aliphatic carbocycles. The Morgan fingerprint density at radius 1 is 1.18 bits per heavy atom. The number of phenolic OH excluding ortho intramolecular Hbond substituents is 1. The van der Waals surface area contributed by atoms with Gasteiger partial charge < -0.3 is 15.2 Å². The normalized spacial score (nSPS) is 12.7. The zero-order valence-electron chi connectivity index (χ0n) is 11.1. The molecular weight excluding hydrogens is 349 g/mol. The van der Waals surface area contributed by atoms with Crippen LogP contribution in [0.3, 0.4) is 0 Å². The van der Waals surface area contributed by atoms with Crippen LogP contribution in [-0.4, -0.2) is 17.6 Å². The quantitative estimate of drug-likeness (QED) is 0.775. The van der Waals surface area contributed by atoms with Gasteiger partial charge in [0.25, 0.3) is 5.91 Å². The van der Waals surface area contributed by atoms with E-state index in [4.69, 9.17) is 39.5 Å². The summed E-state index contributed by atoms with van der Waals surface area (Å²) in [5, 5.41) is 12.6. The van der Waals surface area contributed by atoms with Crippen LogP contribution in [0.5, 0.6) is 11.5 Å². The van der Waals surface area contributed by atoms with Crippen molar-refractivity contribution in [2.45, 2.75) is 6.42 Å². The first kappa shape index (κ1) is 15.3. The summed E-state index contributed by atoms with van der Waals surface area (Å²) < 4.78 is 5.40. The Morgan fingerprint density at radius 2 is 1.95 bits per heavy atom. The first-order chi connectivity index (χ1) is 10.5. The van der Waals surface area contributed by atoms with E-state index < -0.39 is 11.7 Å². The number of hydrogen-bond donors (Lipinski definition) is 2.